The molecule has 0 aromatic rings. The molecule has 0 saturated carbocycles. The Bertz CT molecular complexity index is 234. The van der Waals surface area contributed by atoms with Gasteiger partial charge >= 0.3 is 5.97 Å². The average Bonchev–Trinajstić information content (AvgIpc) is 2.06. The molecule has 0 heterocycles. The predicted octanol–water partition coefficient (Wildman–Crippen LogP) is 2.54. The summed E-state index contributed by atoms with van der Waals surface area (Å²) >= 11 is 0. The molecule has 0 amide bonds. The average molecular weight is 166 g/mol. The van der Waals surface area contributed by atoms with Gasteiger partial charge in [0.25, 0.3) is 0 Å². The van der Waals surface area contributed by atoms with Crippen LogP contribution in [0.1, 0.15) is 20.3 Å². The van der Waals surface area contributed by atoms with Crippen LogP contribution < -0.4 is 0 Å². The molecule has 12 heavy (non-hydrogen) atoms. The first-order valence-electron chi connectivity index (χ1n) is 3.88. The van der Waals surface area contributed by atoms with Crippen LogP contribution in [0.5, 0.6) is 0 Å². The Labute approximate surface area is 72.9 Å². The van der Waals surface area contributed by atoms with Gasteiger partial charge in [-0.15, -0.1) is 0 Å². The van der Waals surface area contributed by atoms with E-state index in [0.717, 1.165) is 12.0 Å². The van der Waals surface area contributed by atoms with Gasteiger partial charge in [0.15, 0.2) is 0 Å². The van der Waals surface area contributed by atoms with Crippen molar-refractivity contribution in [3.8, 4) is 0 Å². The molecule has 0 rings (SSSR count). The minimum atomic E-state index is -0.933. The van der Waals surface area contributed by atoms with Crippen LogP contribution in [-0.2, 0) is 4.79 Å². The highest BCUT2D eigenvalue weighted by molar-refractivity contribution is 5.90. The number of allylic oxidation sites excluding steroid dienone is 3. The SMILES string of the molecule is C=C/C(=C\C(=C/C)CC)C(=O)O. The summed E-state index contributed by atoms with van der Waals surface area (Å²) in [6.45, 7) is 7.29. The molecule has 0 saturated heterocycles. The third-order valence-corrected chi connectivity index (χ3v) is 1.59. The van der Waals surface area contributed by atoms with E-state index in [1.807, 2.05) is 19.9 Å². The maximum atomic E-state index is 10.5. The lowest BCUT2D eigenvalue weighted by Gasteiger charge is -1.97. The van der Waals surface area contributed by atoms with Crippen molar-refractivity contribution in [2.24, 2.45) is 0 Å². The Hall–Kier alpha value is -1.31. The second-order valence-corrected chi connectivity index (χ2v) is 2.33. The van der Waals surface area contributed by atoms with E-state index in [1.54, 1.807) is 6.08 Å². The molecule has 0 spiro atoms. The van der Waals surface area contributed by atoms with E-state index >= 15 is 0 Å². The van der Waals surface area contributed by atoms with Gasteiger partial charge in [0.05, 0.1) is 5.57 Å². The topological polar surface area (TPSA) is 37.3 Å². The quantitative estimate of drug-likeness (QED) is 0.514. The fraction of sp³-hybridized carbons (Fsp3) is 0.300. The smallest absolute Gasteiger partial charge is 0.335 e. The summed E-state index contributed by atoms with van der Waals surface area (Å²) in [5.41, 5.74) is 1.25. The lowest BCUT2D eigenvalue weighted by Crippen LogP contribution is -1.97. The van der Waals surface area contributed by atoms with Crippen LogP contribution in [-0.4, -0.2) is 11.1 Å². The molecule has 1 N–H and O–H groups in total. The van der Waals surface area contributed by atoms with Crippen molar-refractivity contribution in [3.63, 3.8) is 0 Å². The lowest BCUT2D eigenvalue weighted by molar-refractivity contribution is -0.132. The van der Waals surface area contributed by atoms with Gasteiger partial charge in [-0.2, -0.15) is 0 Å². The zero-order chi connectivity index (χ0) is 9.56. The summed E-state index contributed by atoms with van der Waals surface area (Å²) in [7, 11) is 0. The number of aliphatic carboxylic acids is 1. The Morgan fingerprint density at radius 1 is 1.58 bits per heavy atom. The highest BCUT2D eigenvalue weighted by Gasteiger charge is 2.01. The Morgan fingerprint density at radius 3 is 2.42 bits per heavy atom. The molecular formula is C10H14O2. The first-order valence-corrected chi connectivity index (χ1v) is 3.88. The zero-order valence-electron chi connectivity index (χ0n) is 7.50. The predicted molar refractivity (Wildman–Crippen MR) is 50.0 cm³/mol. The van der Waals surface area contributed by atoms with E-state index in [4.69, 9.17) is 5.11 Å². The van der Waals surface area contributed by atoms with E-state index in [2.05, 4.69) is 6.58 Å². The summed E-state index contributed by atoms with van der Waals surface area (Å²) in [5, 5.41) is 8.65. The molecule has 0 aliphatic heterocycles. The number of hydrogen-bond acceptors (Lipinski definition) is 1. The molecule has 0 aromatic carbocycles. The summed E-state index contributed by atoms with van der Waals surface area (Å²) in [4.78, 5) is 10.5. The maximum Gasteiger partial charge on any atom is 0.335 e. The molecule has 0 aromatic heterocycles. The monoisotopic (exact) mass is 166 g/mol. The molecule has 2 heteroatoms. The van der Waals surface area contributed by atoms with E-state index in [9.17, 15) is 4.79 Å². The minimum Gasteiger partial charge on any atom is -0.478 e. The van der Waals surface area contributed by atoms with Crippen LogP contribution in [0.2, 0.25) is 0 Å². The van der Waals surface area contributed by atoms with Crippen LogP contribution in [0.15, 0.2) is 36.0 Å². The number of carboxylic acid groups (broad SMARTS) is 1. The Balaban J connectivity index is 4.70. The van der Waals surface area contributed by atoms with Crippen molar-refractivity contribution in [3.05, 3.63) is 36.0 Å². The minimum absolute atomic E-state index is 0.241. The highest BCUT2D eigenvalue weighted by atomic mass is 16.4. The Kier molecular flexibility index (Phi) is 4.77. The molecular weight excluding hydrogens is 152 g/mol. The number of rotatable bonds is 4. The molecule has 0 aliphatic rings. The third kappa shape index (κ3) is 3.19. The van der Waals surface area contributed by atoms with Gasteiger partial charge in [-0.3, -0.25) is 0 Å². The van der Waals surface area contributed by atoms with Crippen molar-refractivity contribution in [1.29, 1.82) is 0 Å². The van der Waals surface area contributed by atoms with Crippen molar-refractivity contribution < 1.29 is 9.90 Å². The van der Waals surface area contributed by atoms with Gasteiger partial charge in [0, 0.05) is 0 Å². The van der Waals surface area contributed by atoms with Gasteiger partial charge in [-0.25, -0.2) is 4.79 Å². The normalized spacial score (nSPS) is 12.8. The maximum absolute atomic E-state index is 10.5. The zero-order valence-corrected chi connectivity index (χ0v) is 7.50. The van der Waals surface area contributed by atoms with Gasteiger partial charge in [-0.05, 0) is 19.4 Å². The van der Waals surface area contributed by atoms with Gasteiger partial charge in [0.2, 0.25) is 0 Å². The van der Waals surface area contributed by atoms with Crippen molar-refractivity contribution in [2.45, 2.75) is 20.3 Å². The molecule has 2 nitrogen and oxygen atoms in total. The molecule has 66 valence electrons. The second-order valence-electron chi connectivity index (χ2n) is 2.33. The van der Waals surface area contributed by atoms with Crippen LogP contribution in [0, 0.1) is 0 Å². The molecule has 0 fully saturated rings. The molecule has 0 bridgehead atoms. The fourth-order valence-corrected chi connectivity index (χ4v) is 0.797. The van der Waals surface area contributed by atoms with E-state index in [-0.39, 0.29) is 5.57 Å². The largest absolute Gasteiger partial charge is 0.478 e. The van der Waals surface area contributed by atoms with E-state index in [0.29, 0.717) is 0 Å². The van der Waals surface area contributed by atoms with Crippen molar-refractivity contribution >= 4 is 5.97 Å². The van der Waals surface area contributed by atoms with Gasteiger partial charge in [0.1, 0.15) is 0 Å². The number of carbonyl (C=O) groups is 1. The van der Waals surface area contributed by atoms with Crippen molar-refractivity contribution in [2.75, 3.05) is 0 Å². The van der Waals surface area contributed by atoms with Crippen molar-refractivity contribution in [1.82, 2.24) is 0 Å². The van der Waals surface area contributed by atoms with Crippen LogP contribution in [0.4, 0.5) is 0 Å². The third-order valence-electron chi connectivity index (χ3n) is 1.59. The summed E-state index contributed by atoms with van der Waals surface area (Å²) in [6.07, 6.45) is 5.71. The van der Waals surface area contributed by atoms with E-state index < -0.39 is 5.97 Å². The number of hydrogen-bond donors (Lipinski definition) is 1. The van der Waals surface area contributed by atoms with Gasteiger partial charge in [-0.1, -0.05) is 31.2 Å². The lowest BCUT2D eigenvalue weighted by atomic mass is 10.1. The van der Waals surface area contributed by atoms with Crippen LogP contribution in [0.25, 0.3) is 0 Å². The van der Waals surface area contributed by atoms with Gasteiger partial charge < -0.3 is 5.11 Å². The van der Waals surface area contributed by atoms with Crippen LogP contribution in [0.3, 0.4) is 0 Å². The first kappa shape index (κ1) is 10.7. The molecule has 0 atom stereocenters. The first-order chi connectivity index (χ1) is 5.65. The van der Waals surface area contributed by atoms with Crippen LogP contribution >= 0.6 is 0 Å². The molecule has 0 aliphatic carbocycles. The summed E-state index contributed by atoms with van der Waals surface area (Å²) in [5.74, 6) is -0.933. The van der Waals surface area contributed by atoms with E-state index in [1.165, 1.54) is 6.08 Å². The number of carboxylic acids is 1. The standard InChI is InChI=1S/C10H14O2/c1-4-8(5-2)7-9(6-3)10(11)12/h4,6-7H,3,5H2,1-2H3,(H,11,12)/b8-4-,9-7+. The summed E-state index contributed by atoms with van der Waals surface area (Å²) in [6, 6.07) is 0. The highest BCUT2D eigenvalue weighted by Crippen LogP contribution is 2.07. The molecule has 0 radical (unpaired) electrons. The second kappa shape index (κ2) is 5.35. The summed E-state index contributed by atoms with van der Waals surface area (Å²) < 4.78 is 0. The molecule has 0 unspecified atom stereocenters. The Morgan fingerprint density at radius 2 is 2.17 bits per heavy atom. The fourth-order valence-electron chi connectivity index (χ4n) is 0.797.